The monoisotopic (exact) mass is 337 g/mol. The molecule has 0 unspecified atom stereocenters. The Hall–Kier alpha value is -1.07. The van der Waals surface area contributed by atoms with Crippen molar-refractivity contribution in [3.05, 3.63) is 28.8 Å². The zero-order valence-electron chi connectivity index (χ0n) is 13.8. The molecule has 0 N–H and O–H groups in total. The summed E-state index contributed by atoms with van der Waals surface area (Å²) in [7, 11) is 1.70. The van der Waals surface area contributed by atoms with Crippen molar-refractivity contribution in [2.24, 2.45) is 0 Å². The summed E-state index contributed by atoms with van der Waals surface area (Å²) in [5, 5.41) is -0.0976. The zero-order valence-corrected chi connectivity index (χ0v) is 15.4. The number of thioether (sulfide) groups is 1. The van der Waals surface area contributed by atoms with Crippen LogP contribution in [0.4, 0.5) is 0 Å². The lowest BCUT2D eigenvalue weighted by Crippen LogP contribution is -2.31. The first kappa shape index (κ1) is 17.3. The highest BCUT2D eigenvalue weighted by Gasteiger charge is 2.36. The van der Waals surface area contributed by atoms with Crippen LogP contribution in [0.1, 0.15) is 43.4 Å². The van der Waals surface area contributed by atoms with Crippen LogP contribution in [-0.4, -0.2) is 34.0 Å². The minimum absolute atomic E-state index is 0.0976. The molecule has 0 bridgehead atoms. The van der Waals surface area contributed by atoms with Gasteiger partial charge in [-0.25, -0.2) is 0 Å². The second-order valence-corrected chi connectivity index (χ2v) is 7.67. The standard InChI is InChI=1S/C17H23NO2S2/c1-6-18-16(19)15(22-17(18)21)9-12-8-13(10(2)3)14(20-5)7-11(12)4/h7-8,10,15H,6,9H2,1-5H3/t15-/m0/s1. The van der Waals surface area contributed by atoms with Gasteiger partial charge in [-0.1, -0.05) is 43.9 Å². The van der Waals surface area contributed by atoms with Crippen LogP contribution >= 0.6 is 24.0 Å². The molecule has 0 radical (unpaired) electrons. The molecule has 2 rings (SSSR count). The maximum absolute atomic E-state index is 12.4. The van der Waals surface area contributed by atoms with E-state index >= 15 is 0 Å². The van der Waals surface area contributed by atoms with E-state index in [4.69, 9.17) is 17.0 Å². The summed E-state index contributed by atoms with van der Waals surface area (Å²) in [6.07, 6.45) is 0.718. The first-order valence-corrected chi connectivity index (χ1v) is 8.87. The van der Waals surface area contributed by atoms with Crippen LogP contribution in [0.15, 0.2) is 12.1 Å². The van der Waals surface area contributed by atoms with E-state index in [0.717, 1.165) is 17.7 Å². The van der Waals surface area contributed by atoms with Crippen molar-refractivity contribution < 1.29 is 9.53 Å². The van der Waals surface area contributed by atoms with Gasteiger partial charge in [-0.15, -0.1) is 0 Å². The van der Waals surface area contributed by atoms with Crippen LogP contribution in [0.5, 0.6) is 5.75 Å². The predicted octanol–water partition coefficient (Wildman–Crippen LogP) is 3.92. The number of amides is 1. The number of hydrogen-bond donors (Lipinski definition) is 0. The fourth-order valence-corrected chi connectivity index (χ4v) is 4.35. The number of rotatable bonds is 5. The molecule has 22 heavy (non-hydrogen) atoms. The molecular weight excluding hydrogens is 314 g/mol. The smallest absolute Gasteiger partial charge is 0.241 e. The van der Waals surface area contributed by atoms with Crippen LogP contribution in [-0.2, 0) is 11.2 Å². The number of carbonyl (C=O) groups excluding carboxylic acids is 1. The van der Waals surface area contributed by atoms with Gasteiger partial charge >= 0.3 is 0 Å². The SMILES string of the molecule is CCN1C(=O)[C@H](Cc2cc(C(C)C)c(OC)cc2C)SC1=S. The lowest BCUT2D eigenvalue weighted by molar-refractivity contribution is -0.125. The van der Waals surface area contributed by atoms with E-state index in [9.17, 15) is 4.79 Å². The minimum Gasteiger partial charge on any atom is -0.496 e. The summed E-state index contributed by atoms with van der Waals surface area (Å²) in [5.41, 5.74) is 3.56. The first-order chi connectivity index (χ1) is 10.4. The fourth-order valence-electron chi connectivity index (χ4n) is 2.71. The van der Waals surface area contributed by atoms with Crippen molar-refractivity contribution in [2.45, 2.75) is 45.3 Å². The average Bonchev–Trinajstić information content (AvgIpc) is 2.74. The van der Waals surface area contributed by atoms with Gasteiger partial charge in [0.2, 0.25) is 5.91 Å². The van der Waals surface area contributed by atoms with Crippen LogP contribution < -0.4 is 4.74 Å². The predicted molar refractivity (Wildman–Crippen MR) is 96.9 cm³/mol. The number of methoxy groups -OCH3 is 1. The second-order valence-electron chi connectivity index (χ2n) is 5.83. The molecule has 1 amide bonds. The molecule has 1 fully saturated rings. The summed E-state index contributed by atoms with van der Waals surface area (Å²) < 4.78 is 6.19. The average molecular weight is 338 g/mol. The lowest BCUT2D eigenvalue weighted by Gasteiger charge is -2.17. The molecule has 0 spiro atoms. The summed E-state index contributed by atoms with van der Waals surface area (Å²) >= 11 is 6.81. The molecule has 5 heteroatoms. The number of benzene rings is 1. The molecule has 3 nitrogen and oxygen atoms in total. The Balaban J connectivity index is 2.29. The van der Waals surface area contributed by atoms with Gasteiger partial charge in [0.05, 0.1) is 12.4 Å². The fraction of sp³-hybridized carbons (Fsp3) is 0.529. The van der Waals surface area contributed by atoms with Crippen LogP contribution in [0.25, 0.3) is 0 Å². The minimum atomic E-state index is -0.0976. The molecule has 0 saturated carbocycles. The summed E-state index contributed by atoms with van der Waals surface area (Å²) in [6, 6.07) is 4.26. The quantitative estimate of drug-likeness (QED) is 0.762. The van der Waals surface area contributed by atoms with Crippen molar-refractivity contribution in [1.29, 1.82) is 0 Å². The maximum Gasteiger partial charge on any atom is 0.241 e. The van der Waals surface area contributed by atoms with Gasteiger partial charge < -0.3 is 4.74 Å². The number of thiocarbonyl (C=S) groups is 1. The maximum atomic E-state index is 12.4. The molecule has 1 aliphatic heterocycles. The van der Waals surface area contributed by atoms with E-state index in [1.54, 1.807) is 12.0 Å². The molecule has 1 atom stereocenters. The number of hydrogen-bond acceptors (Lipinski definition) is 4. The van der Waals surface area contributed by atoms with E-state index < -0.39 is 0 Å². The van der Waals surface area contributed by atoms with Gasteiger partial charge in [-0.05, 0) is 48.9 Å². The topological polar surface area (TPSA) is 29.5 Å². The third-order valence-electron chi connectivity index (χ3n) is 4.04. The third kappa shape index (κ3) is 3.30. The van der Waals surface area contributed by atoms with Crippen LogP contribution in [0.2, 0.25) is 0 Å². The highest BCUT2D eigenvalue weighted by molar-refractivity contribution is 8.24. The summed E-state index contributed by atoms with van der Waals surface area (Å²) in [5.74, 6) is 1.45. The van der Waals surface area contributed by atoms with Gasteiger partial charge in [-0.2, -0.15) is 0 Å². The van der Waals surface area contributed by atoms with Crippen molar-refractivity contribution in [1.82, 2.24) is 4.90 Å². The highest BCUT2D eigenvalue weighted by atomic mass is 32.2. The molecule has 1 aromatic carbocycles. The molecule has 0 aliphatic carbocycles. The molecule has 1 saturated heterocycles. The Bertz CT molecular complexity index is 599. The van der Waals surface area contributed by atoms with Gasteiger partial charge in [0.15, 0.2) is 0 Å². The normalized spacial score (nSPS) is 18.5. The number of nitrogens with zero attached hydrogens (tertiary/aromatic N) is 1. The van der Waals surface area contributed by atoms with Gasteiger partial charge in [0.25, 0.3) is 0 Å². The van der Waals surface area contributed by atoms with Crippen LogP contribution in [0.3, 0.4) is 0 Å². The van der Waals surface area contributed by atoms with Crippen molar-refractivity contribution in [2.75, 3.05) is 13.7 Å². The zero-order chi connectivity index (χ0) is 16.4. The van der Waals surface area contributed by atoms with E-state index in [1.165, 1.54) is 22.9 Å². The molecule has 120 valence electrons. The van der Waals surface area contributed by atoms with Crippen LogP contribution in [0, 0.1) is 6.92 Å². The summed E-state index contributed by atoms with van der Waals surface area (Å²) in [6.45, 7) is 8.99. The Labute approximate surface area is 142 Å². The Morgan fingerprint density at radius 2 is 2.09 bits per heavy atom. The lowest BCUT2D eigenvalue weighted by atomic mass is 9.94. The first-order valence-electron chi connectivity index (χ1n) is 7.58. The number of ether oxygens (including phenoxy) is 1. The largest absolute Gasteiger partial charge is 0.496 e. The highest BCUT2D eigenvalue weighted by Crippen LogP contribution is 2.34. The molecule has 1 aromatic rings. The second kappa shape index (κ2) is 7.01. The number of carbonyl (C=O) groups is 1. The Kier molecular flexibility index (Phi) is 5.50. The van der Waals surface area contributed by atoms with Gasteiger partial charge in [0.1, 0.15) is 10.1 Å². The Morgan fingerprint density at radius 3 is 2.59 bits per heavy atom. The third-order valence-corrected chi connectivity index (χ3v) is 5.62. The van der Waals surface area contributed by atoms with Gasteiger partial charge in [-0.3, -0.25) is 9.69 Å². The van der Waals surface area contributed by atoms with E-state index in [0.29, 0.717) is 16.8 Å². The van der Waals surface area contributed by atoms with Crippen molar-refractivity contribution in [3.8, 4) is 5.75 Å². The molecule has 1 aliphatic rings. The van der Waals surface area contributed by atoms with Gasteiger partial charge in [0, 0.05) is 6.54 Å². The molecular formula is C17H23NO2S2. The van der Waals surface area contributed by atoms with E-state index in [2.05, 4.69) is 32.9 Å². The Morgan fingerprint density at radius 1 is 1.41 bits per heavy atom. The molecule has 0 aromatic heterocycles. The molecule has 1 heterocycles. The number of aryl methyl sites for hydroxylation is 1. The van der Waals surface area contributed by atoms with Crippen molar-refractivity contribution in [3.63, 3.8) is 0 Å². The summed E-state index contributed by atoms with van der Waals surface area (Å²) in [4.78, 5) is 14.1. The van der Waals surface area contributed by atoms with E-state index in [-0.39, 0.29) is 11.2 Å². The van der Waals surface area contributed by atoms with Crippen molar-refractivity contribution >= 4 is 34.2 Å². The van der Waals surface area contributed by atoms with E-state index in [1.807, 2.05) is 6.92 Å².